The molecular formula is C17H22N2O4. The van der Waals surface area contributed by atoms with Crippen molar-refractivity contribution in [1.82, 2.24) is 5.32 Å². The Balaban J connectivity index is 1.47. The molecule has 1 aliphatic heterocycles. The second-order valence-electron chi connectivity index (χ2n) is 6.02. The summed E-state index contributed by atoms with van der Waals surface area (Å²) < 4.78 is 10.7. The normalized spacial score (nSPS) is 25.7. The number of carbonyl (C=O) groups excluding carboxylic acids is 2. The first-order valence-corrected chi connectivity index (χ1v) is 8.02. The smallest absolute Gasteiger partial charge is 0.228 e. The van der Waals surface area contributed by atoms with E-state index in [4.69, 9.17) is 9.47 Å². The maximum absolute atomic E-state index is 12.2. The van der Waals surface area contributed by atoms with Crippen LogP contribution < -0.4 is 15.4 Å². The molecule has 0 spiro atoms. The maximum Gasteiger partial charge on any atom is 0.228 e. The topological polar surface area (TPSA) is 76.7 Å². The van der Waals surface area contributed by atoms with E-state index in [1.54, 1.807) is 19.2 Å². The Labute approximate surface area is 135 Å². The third-order valence-electron chi connectivity index (χ3n) is 4.36. The summed E-state index contributed by atoms with van der Waals surface area (Å²) in [6, 6.07) is 7.24. The number of hydrogen-bond acceptors (Lipinski definition) is 4. The molecule has 2 aliphatic rings. The van der Waals surface area contributed by atoms with E-state index in [0.717, 1.165) is 19.4 Å². The Morgan fingerprint density at radius 1 is 1.26 bits per heavy atom. The zero-order valence-electron chi connectivity index (χ0n) is 13.2. The molecule has 3 unspecified atom stereocenters. The predicted octanol–water partition coefficient (Wildman–Crippen LogP) is 1.56. The van der Waals surface area contributed by atoms with E-state index in [2.05, 4.69) is 10.6 Å². The highest BCUT2D eigenvalue weighted by Crippen LogP contribution is 2.40. The lowest BCUT2D eigenvalue weighted by molar-refractivity contribution is -0.125. The van der Waals surface area contributed by atoms with Gasteiger partial charge in [0.05, 0.1) is 30.7 Å². The van der Waals surface area contributed by atoms with Crippen molar-refractivity contribution in [2.24, 2.45) is 11.8 Å². The van der Waals surface area contributed by atoms with E-state index >= 15 is 0 Å². The molecule has 124 valence electrons. The van der Waals surface area contributed by atoms with E-state index in [1.807, 2.05) is 12.1 Å². The number of carbonyl (C=O) groups is 2. The summed E-state index contributed by atoms with van der Waals surface area (Å²) in [5, 5.41) is 5.73. The molecule has 0 aromatic heterocycles. The first-order valence-electron chi connectivity index (χ1n) is 8.02. The maximum atomic E-state index is 12.2. The van der Waals surface area contributed by atoms with Crippen LogP contribution >= 0.6 is 0 Å². The van der Waals surface area contributed by atoms with Gasteiger partial charge in [0.25, 0.3) is 0 Å². The van der Waals surface area contributed by atoms with Gasteiger partial charge in [-0.15, -0.1) is 0 Å². The molecule has 1 heterocycles. The van der Waals surface area contributed by atoms with Crippen LogP contribution in [0.5, 0.6) is 5.75 Å². The molecule has 6 nitrogen and oxygen atoms in total. The molecule has 1 aromatic carbocycles. The van der Waals surface area contributed by atoms with E-state index in [0.29, 0.717) is 24.4 Å². The van der Waals surface area contributed by atoms with Crippen LogP contribution in [0.3, 0.4) is 0 Å². The fourth-order valence-electron chi connectivity index (χ4n) is 2.90. The van der Waals surface area contributed by atoms with Crippen molar-refractivity contribution >= 4 is 17.5 Å². The van der Waals surface area contributed by atoms with Crippen molar-refractivity contribution < 1.29 is 19.1 Å². The van der Waals surface area contributed by atoms with Crippen LogP contribution in [-0.2, 0) is 14.3 Å². The van der Waals surface area contributed by atoms with E-state index in [9.17, 15) is 9.59 Å². The lowest BCUT2D eigenvalue weighted by Gasteiger charge is -2.11. The van der Waals surface area contributed by atoms with Gasteiger partial charge in [0.2, 0.25) is 11.8 Å². The Bertz CT molecular complexity index is 584. The number of methoxy groups -OCH3 is 1. The summed E-state index contributed by atoms with van der Waals surface area (Å²) in [4.78, 5) is 24.3. The number of para-hydroxylation sites is 2. The highest BCUT2D eigenvalue weighted by molar-refractivity contribution is 6.00. The third-order valence-corrected chi connectivity index (χ3v) is 4.36. The van der Waals surface area contributed by atoms with Crippen molar-refractivity contribution in [2.45, 2.75) is 25.4 Å². The number of nitrogens with one attached hydrogen (secondary N) is 2. The molecule has 0 bridgehead atoms. The van der Waals surface area contributed by atoms with Crippen LogP contribution in [0.1, 0.15) is 19.3 Å². The zero-order valence-corrected chi connectivity index (χ0v) is 13.2. The molecule has 1 aromatic rings. The van der Waals surface area contributed by atoms with Gasteiger partial charge in [-0.2, -0.15) is 0 Å². The van der Waals surface area contributed by atoms with Crippen LogP contribution in [0.15, 0.2) is 24.3 Å². The lowest BCUT2D eigenvalue weighted by Crippen LogP contribution is -2.33. The molecule has 0 radical (unpaired) electrons. The van der Waals surface area contributed by atoms with Gasteiger partial charge in [-0.05, 0) is 31.4 Å². The van der Waals surface area contributed by atoms with E-state index in [-0.39, 0.29) is 29.8 Å². The number of anilines is 1. The van der Waals surface area contributed by atoms with Crippen molar-refractivity contribution in [1.29, 1.82) is 0 Å². The zero-order chi connectivity index (χ0) is 16.2. The van der Waals surface area contributed by atoms with Crippen LogP contribution in [0, 0.1) is 11.8 Å². The highest BCUT2D eigenvalue weighted by Gasteiger charge is 2.48. The Morgan fingerprint density at radius 3 is 2.78 bits per heavy atom. The molecule has 1 aliphatic carbocycles. The molecule has 2 amide bonds. The van der Waals surface area contributed by atoms with Gasteiger partial charge in [-0.25, -0.2) is 0 Å². The van der Waals surface area contributed by atoms with E-state index in [1.165, 1.54) is 0 Å². The van der Waals surface area contributed by atoms with E-state index < -0.39 is 0 Å². The Morgan fingerprint density at radius 2 is 2.04 bits per heavy atom. The van der Waals surface area contributed by atoms with Gasteiger partial charge in [-0.1, -0.05) is 12.1 Å². The molecule has 1 saturated heterocycles. The quantitative estimate of drug-likeness (QED) is 0.834. The third kappa shape index (κ3) is 3.82. The lowest BCUT2D eigenvalue weighted by atomic mass is 10.2. The van der Waals surface area contributed by atoms with Crippen LogP contribution in [-0.4, -0.2) is 38.2 Å². The van der Waals surface area contributed by atoms with Crippen molar-refractivity contribution in [2.75, 3.05) is 25.6 Å². The fraction of sp³-hybridized carbons (Fsp3) is 0.529. The summed E-state index contributed by atoms with van der Waals surface area (Å²) in [5.74, 6) is -0.0659. The fourth-order valence-corrected chi connectivity index (χ4v) is 2.90. The first kappa shape index (κ1) is 15.8. The summed E-state index contributed by atoms with van der Waals surface area (Å²) >= 11 is 0. The van der Waals surface area contributed by atoms with Crippen molar-refractivity contribution in [3.05, 3.63) is 24.3 Å². The van der Waals surface area contributed by atoms with Gasteiger partial charge in [0.1, 0.15) is 5.75 Å². The number of ether oxygens (including phenoxy) is 2. The second kappa shape index (κ2) is 7.00. The van der Waals surface area contributed by atoms with Gasteiger partial charge in [-0.3, -0.25) is 9.59 Å². The molecule has 23 heavy (non-hydrogen) atoms. The minimum Gasteiger partial charge on any atom is -0.495 e. The molecule has 2 N–H and O–H groups in total. The van der Waals surface area contributed by atoms with Crippen molar-refractivity contribution in [3.63, 3.8) is 0 Å². The average Bonchev–Trinajstić information content (AvgIpc) is 3.21. The molecule has 1 saturated carbocycles. The van der Waals surface area contributed by atoms with Gasteiger partial charge in [0, 0.05) is 13.2 Å². The monoisotopic (exact) mass is 318 g/mol. The summed E-state index contributed by atoms with van der Waals surface area (Å²) in [6.45, 7) is 1.31. The minimum absolute atomic E-state index is 0.0549. The Hall–Kier alpha value is -2.08. The van der Waals surface area contributed by atoms with Gasteiger partial charge < -0.3 is 20.1 Å². The average molecular weight is 318 g/mol. The summed E-state index contributed by atoms with van der Waals surface area (Å²) in [6.07, 6.45) is 2.76. The van der Waals surface area contributed by atoms with Gasteiger partial charge >= 0.3 is 0 Å². The number of benzene rings is 1. The molecule has 3 rings (SSSR count). The molecule has 2 fully saturated rings. The number of rotatable bonds is 6. The Kier molecular flexibility index (Phi) is 4.81. The predicted molar refractivity (Wildman–Crippen MR) is 85.2 cm³/mol. The SMILES string of the molecule is COc1ccccc1NC(=O)C1CC1C(=O)NCC1CCCO1. The molecule has 3 atom stereocenters. The first-order chi connectivity index (χ1) is 11.2. The standard InChI is InChI=1S/C17H22N2O4/c1-22-15-7-3-2-6-14(15)19-17(21)13-9-12(13)16(20)18-10-11-5-4-8-23-11/h2-3,6-7,11-13H,4-5,8-10H2,1H3,(H,18,20)(H,19,21). The van der Waals surface area contributed by atoms with Crippen LogP contribution in [0.2, 0.25) is 0 Å². The molecular weight excluding hydrogens is 296 g/mol. The summed E-state index contributed by atoms with van der Waals surface area (Å²) in [7, 11) is 1.56. The highest BCUT2D eigenvalue weighted by atomic mass is 16.5. The largest absolute Gasteiger partial charge is 0.495 e. The van der Waals surface area contributed by atoms with Crippen LogP contribution in [0.4, 0.5) is 5.69 Å². The second-order valence-corrected chi connectivity index (χ2v) is 6.02. The van der Waals surface area contributed by atoms with Crippen molar-refractivity contribution in [3.8, 4) is 5.75 Å². The number of hydrogen-bond donors (Lipinski definition) is 2. The molecule has 6 heteroatoms. The van der Waals surface area contributed by atoms with Gasteiger partial charge in [0.15, 0.2) is 0 Å². The summed E-state index contributed by atoms with van der Waals surface area (Å²) in [5.41, 5.74) is 0.630. The minimum atomic E-state index is -0.260. The number of amides is 2. The van der Waals surface area contributed by atoms with Crippen LogP contribution in [0.25, 0.3) is 0 Å².